The fourth-order valence-electron chi connectivity index (χ4n) is 9.62. The van der Waals surface area contributed by atoms with Gasteiger partial charge in [0.05, 0.1) is 0 Å². The van der Waals surface area contributed by atoms with Crippen molar-refractivity contribution < 1.29 is 0 Å². The summed E-state index contributed by atoms with van der Waals surface area (Å²) >= 11 is 0. The minimum Gasteiger partial charge on any atom is -0.0616 e. The minimum absolute atomic E-state index is 0.449. The number of hydrogen-bond acceptors (Lipinski definition) is 0. The summed E-state index contributed by atoms with van der Waals surface area (Å²) in [5.41, 5.74) is 16.1. The van der Waals surface area contributed by atoms with E-state index in [1.54, 1.807) is 0 Å². The minimum atomic E-state index is 0.449. The van der Waals surface area contributed by atoms with Gasteiger partial charge < -0.3 is 0 Å². The Morgan fingerprint density at radius 2 is 0.689 bits per heavy atom. The second-order valence-corrected chi connectivity index (χ2v) is 16.6. The van der Waals surface area contributed by atoms with Crippen molar-refractivity contribution in [2.24, 2.45) is 0 Å². The molecule has 0 fully saturated rings. The molecule has 0 aromatic heterocycles. The largest absolute Gasteiger partial charge is 0.0616 e. The van der Waals surface area contributed by atoms with Crippen LogP contribution >= 0.6 is 0 Å². The van der Waals surface area contributed by atoms with Gasteiger partial charge >= 0.3 is 0 Å². The third kappa shape index (κ3) is 6.49. The predicted octanol–water partition coefficient (Wildman–Crippen LogP) is 17.4. The van der Waals surface area contributed by atoms with Crippen molar-refractivity contribution in [1.82, 2.24) is 0 Å². The van der Waals surface area contributed by atoms with Crippen molar-refractivity contribution in [3.8, 4) is 66.8 Å². The number of hydrogen-bond donors (Lipinski definition) is 0. The van der Waals surface area contributed by atoms with E-state index < -0.39 is 0 Å². The lowest BCUT2D eigenvalue weighted by Gasteiger charge is -2.20. The van der Waals surface area contributed by atoms with Crippen LogP contribution in [0, 0.1) is 0 Å². The van der Waals surface area contributed by atoms with Gasteiger partial charge in [-0.05, 0) is 133 Å². The van der Waals surface area contributed by atoms with Crippen molar-refractivity contribution in [3.05, 3.63) is 230 Å². The molecule has 0 aliphatic rings. The molecular formula is C61H44. The molecule has 11 rings (SSSR count). The van der Waals surface area contributed by atoms with Crippen LogP contribution in [-0.4, -0.2) is 0 Å². The zero-order valence-electron chi connectivity index (χ0n) is 34.4. The average molecular weight is 777 g/mol. The third-order valence-corrected chi connectivity index (χ3v) is 12.7. The first kappa shape index (κ1) is 36.5. The molecule has 0 aliphatic heterocycles. The molecule has 0 aliphatic carbocycles. The highest BCUT2D eigenvalue weighted by molar-refractivity contribution is 6.21. The van der Waals surface area contributed by atoms with Gasteiger partial charge in [0.15, 0.2) is 0 Å². The molecule has 0 amide bonds. The molecule has 0 atom stereocenters. The highest BCUT2D eigenvalue weighted by Crippen LogP contribution is 2.46. The lowest BCUT2D eigenvalue weighted by molar-refractivity contribution is 0.867. The summed E-state index contributed by atoms with van der Waals surface area (Å²) in [5.74, 6) is 0.449. The van der Waals surface area contributed by atoms with Gasteiger partial charge in [0, 0.05) is 0 Å². The monoisotopic (exact) mass is 776 g/mol. The quantitative estimate of drug-likeness (QED) is 0.141. The molecule has 0 heterocycles. The van der Waals surface area contributed by atoms with Gasteiger partial charge in [-0.1, -0.05) is 226 Å². The van der Waals surface area contributed by atoms with Crippen LogP contribution in [0.4, 0.5) is 0 Å². The molecule has 0 N–H and O–H groups in total. The highest BCUT2D eigenvalue weighted by Gasteiger charge is 2.19. The highest BCUT2D eigenvalue weighted by atomic mass is 14.2. The fraction of sp³-hybridized carbons (Fsp3) is 0.0492. The van der Waals surface area contributed by atoms with E-state index >= 15 is 0 Å². The summed E-state index contributed by atoms with van der Waals surface area (Å²) in [6, 6.07) is 83.1. The summed E-state index contributed by atoms with van der Waals surface area (Å²) in [6.07, 6.45) is 0. The molecule has 0 unspecified atom stereocenters. The molecule has 0 heteroatoms. The number of fused-ring (bicyclic) bond motifs is 4. The summed E-state index contributed by atoms with van der Waals surface area (Å²) in [7, 11) is 0. The zero-order valence-corrected chi connectivity index (χ0v) is 34.4. The van der Waals surface area contributed by atoms with Gasteiger partial charge in [-0.2, -0.15) is 0 Å². The maximum atomic E-state index is 2.44. The van der Waals surface area contributed by atoms with E-state index in [0.29, 0.717) is 5.92 Å². The van der Waals surface area contributed by atoms with E-state index in [0.717, 1.165) is 0 Å². The first-order valence-corrected chi connectivity index (χ1v) is 21.4. The standard InChI is InChI=1S/C61H44/c1-40(2)45-19-11-22-48(37-45)60-55-25-7-9-27-57(55)61(58-28-10-8-26-56(58)60)49-35-36-54(53-30-14-18-43-16-4-6-24-51(43)53)59(39-49)44-33-31-41(32-34-44)46-20-12-21-47(38-46)52-29-13-17-42-15-3-5-23-50(42)52/h3-40H,1-2H3. The Hall–Kier alpha value is -7.54. The lowest BCUT2D eigenvalue weighted by Crippen LogP contribution is -1.94. The predicted molar refractivity (Wildman–Crippen MR) is 263 cm³/mol. The summed E-state index contributed by atoms with van der Waals surface area (Å²) in [6.45, 7) is 4.55. The van der Waals surface area contributed by atoms with E-state index in [-0.39, 0.29) is 0 Å². The van der Waals surface area contributed by atoms with E-state index in [4.69, 9.17) is 0 Å². The van der Waals surface area contributed by atoms with Gasteiger partial charge in [0.2, 0.25) is 0 Å². The Balaban J connectivity index is 1.09. The molecule has 0 nitrogen and oxygen atoms in total. The lowest BCUT2D eigenvalue weighted by atomic mass is 9.83. The SMILES string of the molecule is CC(C)c1cccc(-c2c3ccccc3c(-c3ccc(-c4cccc5ccccc45)c(-c4ccc(-c5cccc(-c6cccc7ccccc67)c5)cc4)c3)c3ccccc23)c1. The van der Waals surface area contributed by atoms with Crippen LogP contribution in [0.3, 0.4) is 0 Å². The van der Waals surface area contributed by atoms with Crippen molar-refractivity contribution >= 4 is 43.1 Å². The summed E-state index contributed by atoms with van der Waals surface area (Å²) in [5, 5.41) is 10.1. The molecule has 11 aromatic carbocycles. The van der Waals surface area contributed by atoms with Crippen LogP contribution in [0.25, 0.3) is 110 Å². The fourth-order valence-corrected chi connectivity index (χ4v) is 9.62. The molecular weight excluding hydrogens is 733 g/mol. The van der Waals surface area contributed by atoms with Crippen molar-refractivity contribution in [2.45, 2.75) is 19.8 Å². The Morgan fingerprint density at radius 1 is 0.246 bits per heavy atom. The van der Waals surface area contributed by atoms with E-state index in [2.05, 4.69) is 238 Å². The first-order valence-electron chi connectivity index (χ1n) is 21.4. The second kappa shape index (κ2) is 15.2. The maximum Gasteiger partial charge on any atom is -0.00261 e. The normalized spacial score (nSPS) is 11.6. The van der Waals surface area contributed by atoms with Gasteiger partial charge in [-0.3, -0.25) is 0 Å². The van der Waals surface area contributed by atoms with Crippen LogP contribution < -0.4 is 0 Å². The van der Waals surface area contributed by atoms with Gasteiger partial charge in [-0.15, -0.1) is 0 Å². The Morgan fingerprint density at radius 3 is 1.31 bits per heavy atom. The van der Waals surface area contributed by atoms with Gasteiger partial charge in [-0.25, -0.2) is 0 Å². The van der Waals surface area contributed by atoms with E-state index in [9.17, 15) is 0 Å². The molecule has 288 valence electrons. The van der Waals surface area contributed by atoms with Crippen LogP contribution in [0.2, 0.25) is 0 Å². The maximum absolute atomic E-state index is 2.44. The molecule has 0 saturated carbocycles. The zero-order chi connectivity index (χ0) is 40.9. The van der Waals surface area contributed by atoms with Crippen LogP contribution in [0.5, 0.6) is 0 Å². The molecule has 0 radical (unpaired) electrons. The smallest absolute Gasteiger partial charge is 0.00261 e. The third-order valence-electron chi connectivity index (χ3n) is 12.7. The van der Waals surface area contributed by atoms with Crippen molar-refractivity contribution in [1.29, 1.82) is 0 Å². The summed E-state index contributed by atoms with van der Waals surface area (Å²) < 4.78 is 0. The van der Waals surface area contributed by atoms with Crippen molar-refractivity contribution in [2.75, 3.05) is 0 Å². The van der Waals surface area contributed by atoms with Crippen LogP contribution in [0.1, 0.15) is 25.3 Å². The van der Waals surface area contributed by atoms with Gasteiger partial charge in [0.25, 0.3) is 0 Å². The first-order chi connectivity index (χ1) is 30.1. The van der Waals surface area contributed by atoms with E-state index in [1.807, 2.05) is 0 Å². The molecule has 11 aromatic rings. The van der Waals surface area contributed by atoms with E-state index in [1.165, 1.54) is 115 Å². The summed E-state index contributed by atoms with van der Waals surface area (Å²) in [4.78, 5) is 0. The number of benzene rings is 11. The average Bonchev–Trinajstić information content (AvgIpc) is 3.33. The van der Waals surface area contributed by atoms with Gasteiger partial charge in [0.1, 0.15) is 0 Å². The molecule has 0 saturated heterocycles. The topological polar surface area (TPSA) is 0 Å². The number of rotatable bonds is 7. The molecule has 0 spiro atoms. The Bertz CT molecular complexity index is 3370. The van der Waals surface area contributed by atoms with Crippen LogP contribution in [-0.2, 0) is 0 Å². The van der Waals surface area contributed by atoms with Crippen molar-refractivity contribution in [3.63, 3.8) is 0 Å². The Labute approximate surface area is 358 Å². The Kier molecular flexibility index (Phi) is 9.13. The van der Waals surface area contributed by atoms with Crippen LogP contribution in [0.15, 0.2) is 224 Å². The second-order valence-electron chi connectivity index (χ2n) is 16.6. The molecule has 0 bridgehead atoms. The molecule has 61 heavy (non-hydrogen) atoms.